The largest absolute Gasteiger partial charge is 0.354 e. The molecule has 2 N–H and O–H groups in total. The van der Waals surface area contributed by atoms with E-state index in [0.29, 0.717) is 18.5 Å². The van der Waals surface area contributed by atoms with Gasteiger partial charge in [0.25, 0.3) is 5.91 Å². The fourth-order valence-electron chi connectivity index (χ4n) is 4.54. The minimum absolute atomic E-state index is 0.104. The van der Waals surface area contributed by atoms with Gasteiger partial charge >= 0.3 is 0 Å². The van der Waals surface area contributed by atoms with E-state index in [0.717, 1.165) is 53.2 Å². The standard InChI is InChI=1S/C23H29N7O/c1-14(2)30-12-15-11-16(5-6-18(15)22(30)31)25-23-26-20-19(7-9-24-20)21(27-23)29-10-8-17(13-29)28(3)4/h5-7,9,11,14,17H,8,10,12-13H2,1-4H3,(H2,24,25,26,27)/t17-/m1/s1. The molecule has 8 heteroatoms. The summed E-state index contributed by atoms with van der Waals surface area (Å²) in [5.74, 6) is 1.62. The van der Waals surface area contributed by atoms with E-state index in [4.69, 9.17) is 4.98 Å². The molecule has 1 fully saturated rings. The molecule has 2 aliphatic heterocycles. The average molecular weight is 420 g/mol. The molecule has 0 bridgehead atoms. The van der Waals surface area contributed by atoms with Gasteiger partial charge in [-0.1, -0.05) is 0 Å². The molecule has 0 spiro atoms. The van der Waals surface area contributed by atoms with E-state index in [1.165, 1.54) is 0 Å². The predicted molar refractivity (Wildman–Crippen MR) is 123 cm³/mol. The van der Waals surface area contributed by atoms with Crippen molar-refractivity contribution in [1.29, 1.82) is 0 Å². The van der Waals surface area contributed by atoms with E-state index in [-0.39, 0.29) is 11.9 Å². The molecule has 1 atom stereocenters. The Labute approximate surface area is 182 Å². The van der Waals surface area contributed by atoms with E-state index in [2.05, 4.69) is 39.2 Å². The number of carbonyl (C=O) groups excluding carboxylic acids is 1. The lowest BCUT2D eigenvalue weighted by Crippen LogP contribution is -2.31. The van der Waals surface area contributed by atoms with Gasteiger partial charge in [-0.25, -0.2) is 0 Å². The van der Waals surface area contributed by atoms with Crippen molar-refractivity contribution in [1.82, 2.24) is 24.8 Å². The SMILES string of the molecule is CC(C)N1Cc2cc(Nc3nc(N4CC[C@@H](N(C)C)C4)c4cc[nH]c4n3)ccc2C1=O. The molecule has 31 heavy (non-hydrogen) atoms. The molecule has 2 aromatic heterocycles. The Kier molecular flexibility index (Phi) is 4.81. The Bertz CT molecular complexity index is 1140. The molecule has 4 heterocycles. The molecule has 162 valence electrons. The summed E-state index contributed by atoms with van der Waals surface area (Å²) in [5.41, 5.74) is 3.54. The highest BCUT2D eigenvalue weighted by molar-refractivity contribution is 5.99. The number of likely N-dealkylation sites (N-methyl/N-ethyl adjacent to an activating group) is 1. The van der Waals surface area contributed by atoms with E-state index >= 15 is 0 Å². The van der Waals surface area contributed by atoms with Gasteiger partial charge in [-0.05, 0) is 64.2 Å². The maximum absolute atomic E-state index is 12.6. The number of fused-ring (bicyclic) bond motifs is 2. The number of anilines is 3. The normalized spacial score (nSPS) is 18.6. The summed E-state index contributed by atoms with van der Waals surface area (Å²) < 4.78 is 0. The van der Waals surface area contributed by atoms with Gasteiger partial charge in [0.1, 0.15) is 11.5 Å². The zero-order chi connectivity index (χ0) is 21.7. The quantitative estimate of drug-likeness (QED) is 0.661. The minimum atomic E-state index is 0.104. The van der Waals surface area contributed by atoms with Crippen LogP contribution in [-0.4, -0.2) is 69.9 Å². The fraction of sp³-hybridized carbons (Fsp3) is 0.435. The Morgan fingerprint density at radius 3 is 2.81 bits per heavy atom. The number of H-pyrrole nitrogens is 1. The number of amides is 1. The van der Waals surface area contributed by atoms with Crippen LogP contribution in [0.15, 0.2) is 30.5 Å². The van der Waals surface area contributed by atoms with Crippen molar-refractivity contribution in [3.05, 3.63) is 41.6 Å². The highest BCUT2D eigenvalue weighted by Gasteiger charge is 2.29. The number of rotatable bonds is 5. The third-order valence-corrected chi connectivity index (χ3v) is 6.41. The van der Waals surface area contributed by atoms with Crippen molar-refractivity contribution in [3.8, 4) is 0 Å². The molecular weight excluding hydrogens is 390 g/mol. The van der Waals surface area contributed by atoms with E-state index in [1.54, 1.807) is 0 Å². The molecule has 3 aromatic rings. The molecule has 0 saturated carbocycles. The van der Waals surface area contributed by atoms with Gasteiger partial charge < -0.3 is 25.0 Å². The summed E-state index contributed by atoms with van der Waals surface area (Å²) >= 11 is 0. The first-order valence-electron chi connectivity index (χ1n) is 10.9. The first-order valence-corrected chi connectivity index (χ1v) is 10.9. The summed E-state index contributed by atoms with van der Waals surface area (Å²) in [5, 5.41) is 4.40. The molecule has 2 aliphatic rings. The second kappa shape index (κ2) is 7.53. The van der Waals surface area contributed by atoms with Crippen LogP contribution in [0.1, 0.15) is 36.2 Å². The van der Waals surface area contributed by atoms with Crippen LogP contribution in [-0.2, 0) is 6.54 Å². The molecule has 0 aliphatic carbocycles. The maximum atomic E-state index is 12.6. The molecule has 1 saturated heterocycles. The lowest BCUT2D eigenvalue weighted by molar-refractivity contribution is 0.0730. The number of carbonyl (C=O) groups is 1. The van der Waals surface area contributed by atoms with Crippen molar-refractivity contribution in [3.63, 3.8) is 0 Å². The molecule has 1 amide bonds. The van der Waals surface area contributed by atoms with Gasteiger partial charge in [-0.2, -0.15) is 9.97 Å². The van der Waals surface area contributed by atoms with Crippen molar-refractivity contribution >= 4 is 34.4 Å². The van der Waals surface area contributed by atoms with Crippen LogP contribution in [0.4, 0.5) is 17.5 Å². The lowest BCUT2D eigenvalue weighted by Gasteiger charge is -2.22. The van der Waals surface area contributed by atoms with Gasteiger partial charge in [0.2, 0.25) is 5.95 Å². The third kappa shape index (κ3) is 3.50. The summed E-state index contributed by atoms with van der Waals surface area (Å²) in [6, 6.07) is 8.62. The second-order valence-corrected chi connectivity index (χ2v) is 8.99. The number of aromatic nitrogens is 3. The van der Waals surface area contributed by atoms with E-state index in [1.807, 2.05) is 49.2 Å². The van der Waals surface area contributed by atoms with Crippen molar-refractivity contribution in [2.45, 2.75) is 38.9 Å². The molecule has 0 radical (unpaired) electrons. The Morgan fingerprint density at radius 1 is 1.23 bits per heavy atom. The van der Waals surface area contributed by atoms with Crippen molar-refractivity contribution < 1.29 is 4.79 Å². The van der Waals surface area contributed by atoms with Gasteiger partial charge in [-0.3, -0.25) is 4.79 Å². The summed E-state index contributed by atoms with van der Waals surface area (Å²) in [7, 11) is 4.26. The van der Waals surface area contributed by atoms with E-state index < -0.39 is 0 Å². The lowest BCUT2D eigenvalue weighted by atomic mass is 10.1. The van der Waals surface area contributed by atoms with Gasteiger partial charge in [0, 0.05) is 49.2 Å². The highest BCUT2D eigenvalue weighted by atomic mass is 16.2. The Morgan fingerprint density at radius 2 is 2.06 bits per heavy atom. The monoisotopic (exact) mass is 419 g/mol. The van der Waals surface area contributed by atoms with Gasteiger partial charge in [0.15, 0.2) is 0 Å². The van der Waals surface area contributed by atoms with E-state index in [9.17, 15) is 4.79 Å². The van der Waals surface area contributed by atoms with Crippen molar-refractivity contribution in [2.24, 2.45) is 0 Å². The minimum Gasteiger partial charge on any atom is -0.354 e. The van der Waals surface area contributed by atoms with Crippen LogP contribution >= 0.6 is 0 Å². The zero-order valence-electron chi connectivity index (χ0n) is 18.5. The highest BCUT2D eigenvalue weighted by Crippen LogP contribution is 2.31. The molecule has 1 aromatic carbocycles. The smallest absolute Gasteiger partial charge is 0.254 e. The molecule has 5 rings (SSSR count). The van der Waals surface area contributed by atoms with Gasteiger partial charge in [0.05, 0.1) is 5.39 Å². The summed E-state index contributed by atoms with van der Waals surface area (Å²) in [6.07, 6.45) is 3.03. The fourth-order valence-corrected chi connectivity index (χ4v) is 4.54. The van der Waals surface area contributed by atoms with Crippen LogP contribution in [0.25, 0.3) is 11.0 Å². The first kappa shape index (κ1) is 19.8. The Hall–Kier alpha value is -3.13. The topological polar surface area (TPSA) is 80.4 Å². The molecule has 8 nitrogen and oxygen atoms in total. The number of nitrogens with one attached hydrogen (secondary N) is 2. The number of aromatic amines is 1. The summed E-state index contributed by atoms with van der Waals surface area (Å²) in [6.45, 7) is 6.66. The number of benzene rings is 1. The third-order valence-electron chi connectivity index (χ3n) is 6.41. The molecule has 0 unspecified atom stereocenters. The van der Waals surface area contributed by atoms with Gasteiger partial charge in [-0.15, -0.1) is 0 Å². The summed E-state index contributed by atoms with van der Waals surface area (Å²) in [4.78, 5) is 31.9. The van der Waals surface area contributed by atoms with Crippen LogP contribution in [0.3, 0.4) is 0 Å². The number of hydrogen-bond donors (Lipinski definition) is 2. The van der Waals surface area contributed by atoms with Crippen molar-refractivity contribution in [2.75, 3.05) is 37.4 Å². The maximum Gasteiger partial charge on any atom is 0.254 e. The zero-order valence-corrected chi connectivity index (χ0v) is 18.5. The predicted octanol–water partition coefficient (Wildman–Crippen LogP) is 3.21. The number of nitrogens with zero attached hydrogens (tertiary/aromatic N) is 5. The molecular formula is C23H29N7O. The van der Waals surface area contributed by atoms with Crippen LogP contribution in [0.5, 0.6) is 0 Å². The van der Waals surface area contributed by atoms with Crippen LogP contribution in [0.2, 0.25) is 0 Å². The average Bonchev–Trinajstić information content (AvgIpc) is 3.46. The van der Waals surface area contributed by atoms with Crippen LogP contribution < -0.4 is 10.2 Å². The number of hydrogen-bond acceptors (Lipinski definition) is 6. The first-order chi connectivity index (χ1) is 14.9. The Balaban J connectivity index is 1.43. The van der Waals surface area contributed by atoms with Crippen LogP contribution in [0, 0.1) is 0 Å². The second-order valence-electron chi connectivity index (χ2n) is 8.99.